The van der Waals surface area contributed by atoms with Gasteiger partial charge in [0.15, 0.2) is 11.5 Å². The molecule has 4 aliphatic rings. The number of fused-ring (bicyclic) bond motifs is 1. The first-order valence-corrected chi connectivity index (χ1v) is 22.4. The molecule has 0 spiro atoms. The van der Waals surface area contributed by atoms with E-state index in [0.717, 1.165) is 93.5 Å². The van der Waals surface area contributed by atoms with E-state index in [1.807, 2.05) is 13.0 Å². The van der Waals surface area contributed by atoms with E-state index < -0.39 is 33.4 Å². The van der Waals surface area contributed by atoms with E-state index >= 15 is 0 Å². The van der Waals surface area contributed by atoms with Gasteiger partial charge in [0.1, 0.15) is 9.84 Å². The summed E-state index contributed by atoms with van der Waals surface area (Å²) in [6.07, 6.45) is 8.29. The van der Waals surface area contributed by atoms with Gasteiger partial charge in [-0.3, -0.25) is 29.4 Å². The number of sulfone groups is 1. The average molecular weight is 799 g/mol. The molecule has 3 fully saturated rings. The minimum absolute atomic E-state index is 0.185. The van der Waals surface area contributed by atoms with Gasteiger partial charge in [0.2, 0.25) is 11.8 Å². The zero-order valence-electron chi connectivity index (χ0n) is 33.2. The van der Waals surface area contributed by atoms with Gasteiger partial charge < -0.3 is 19.3 Å². The lowest BCUT2D eigenvalue weighted by molar-refractivity contribution is -0.134. The number of nitrogens with one attached hydrogen (secondary N) is 1. The molecule has 4 heterocycles. The number of ether oxygens (including phenoxy) is 2. The minimum Gasteiger partial charge on any atom is -0.493 e. The molecule has 2 atom stereocenters. The molecule has 0 aliphatic carbocycles. The number of likely N-dealkylation sites (tertiary alicyclic amines) is 2. The number of benzene rings is 3. The Morgan fingerprint density at radius 3 is 2.18 bits per heavy atom. The molecule has 4 aliphatic heterocycles. The van der Waals surface area contributed by atoms with Crippen molar-refractivity contribution in [1.82, 2.24) is 20.0 Å². The normalized spacial score (nSPS) is 20.8. The van der Waals surface area contributed by atoms with Crippen molar-refractivity contribution in [3.05, 3.63) is 94.0 Å². The molecule has 3 aromatic carbocycles. The SMILES string of the molecule is CCOc1cc([C@@H](CS(C)(=O)=O)N2C(=O)c3ccc(CCCN4CCC(N5CCC(c6ccc(C7CCC(=O)NC7=O)cc6)CC5)CC4)cc3C2=O)ccc1OC. The summed E-state index contributed by atoms with van der Waals surface area (Å²) in [4.78, 5) is 57.7. The quantitative estimate of drug-likeness (QED) is 0.215. The van der Waals surface area contributed by atoms with E-state index in [4.69, 9.17) is 9.47 Å². The monoisotopic (exact) mass is 798 g/mol. The maximum Gasteiger partial charge on any atom is 0.262 e. The molecule has 0 bridgehead atoms. The van der Waals surface area contributed by atoms with E-state index in [1.54, 1.807) is 30.3 Å². The number of carbonyl (C=O) groups excluding carboxylic acids is 4. The van der Waals surface area contributed by atoms with Gasteiger partial charge in [-0.15, -0.1) is 0 Å². The predicted octanol–water partition coefficient (Wildman–Crippen LogP) is 5.27. The van der Waals surface area contributed by atoms with Crippen LogP contribution in [0.3, 0.4) is 0 Å². The summed E-state index contributed by atoms with van der Waals surface area (Å²) in [6.45, 7) is 7.42. The minimum atomic E-state index is -3.59. The molecule has 0 saturated carbocycles. The third kappa shape index (κ3) is 9.26. The Balaban J connectivity index is 0.887. The van der Waals surface area contributed by atoms with Gasteiger partial charge in [-0.25, -0.2) is 8.42 Å². The van der Waals surface area contributed by atoms with Crippen LogP contribution in [0.15, 0.2) is 60.7 Å². The second kappa shape index (κ2) is 17.5. The van der Waals surface area contributed by atoms with Crippen LogP contribution in [0.1, 0.15) is 113 Å². The second-order valence-electron chi connectivity index (χ2n) is 16.0. The summed E-state index contributed by atoms with van der Waals surface area (Å²) in [5.74, 6) is -0.629. The highest BCUT2D eigenvalue weighted by Crippen LogP contribution is 2.38. The van der Waals surface area contributed by atoms with Crippen molar-refractivity contribution in [3.63, 3.8) is 0 Å². The Hall–Kier alpha value is -4.59. The van der Waals surface area contributed by atoms with Crippen LogP contribution < -0.4 is 14.8 Å². The maximum absolute atomic E-state index is 13.9. The number of hydrogen-bond acceptors (Lipinski definition) is 10. The number of amides is 4. The van der Waals surface area contributed by atoms with E-state index in [0.29, 0.717) is 54.0 Å². The van der Waals surface area contributed by atoms with Gasteiger partial charge in [-0.05, 0) is 137 Å². The zero-order chi connectivity index (χ0) is 40.3. The highest BCUT2D eigenvalue weighted by Gasteiger charge is 2.42. The molecule has 12 nitrogen and oxygen atoms in total. The Morgan fingerprint density at radius 1 is 0.807 bits per heavy atom. The van der Waals surface area contributed by atoms with Crippen LogP contribution in [0.5, 0.6) is 11.5 Å². The van der Waals surface area contributed by atoms with Crippen LogP contribution >= 0.6 is 0 Å². The molecule has 57 heavy (non-hydrogen) atoms. The van der Waals surface area contributed by atoms with Crippen LogP contribution in [-0.2, 0) is 25.8 Å². The van der Waals surface area contributed by atoms with E-state index in [-0.39, 0.29) is 23.3 Å². The van der Waals surface area contributed by atoms with Crippen LogP contribution in [0.2, 0.25) is 0 Å². The fourth-order valence-corrected chi connectivity index (χ4v) is 10.1. The summed E-state index contributed by atoms with van der Waals surface area (Å²) in [5.41, 5.74) is 4.36. The molecule has 7 rings (SSSR count). The number of methoxy groups -OCH3 is 1. The highest BCUT2D eigenvalue weighted by molar-refractivity contribution is 7.90. The number of nitrogens with zero attached hydrogens (tertiary/aromatic N) is 3. The van der Waals surface area contributed by atoms with E-state index in [2.05, 4.69) is 39.4 Å². The molecule has 3 saturated heterocycles. The van der Waals surface area contributed by atoms with Crippen molar-refractivity contribution >= 4 is 33.5 Å². The van der Waals surface area contributed by atoms with Crippen LogP contribution in [-0.4, -0.2) is 111 Å². The van der Waals surface area contributed by atoms with E-state index in [1.165, 1.54) is 12.7 Å². The Labute approximate surface area is 335 Å². The third-order valence-electron chi connectivity index (χ3n) is 12.2. The zero-order valence-corrected chi connectivity index (χ0v) is 34.0. The number of carbonyl (C=O) groups is 4. The number of imide groups is 2. The van der Waals surface area contributed by atoms with Crippen molar-refractivity contribution in [2.75, 3.05) is 58.4 Å². The third-order valence-corrected chi connectivity index (χ3v) is 13.1. The molecule has 3 aromatic rings. The second-order valence-corrected chi connectivity index (χ2v) is 18.2. The van der Waals surface area contributed by atoms with Gasteiger partial charge in [-0.1, -0.05) is 36.4 Å². The average Bonchev–Trinajstić information content (AvgIpc) is 3.45. The molecule has 1 N–H and O–H groups in total. The number of piperidine rings is 3. The summed E-state index contributed by atoms with van der Waals surface area (Å²) in [7, 11) is -2.07. The number of hydrogen-bond donors (Lipinski definition) is 1. The van der Waals surface area contributed by atoms with Crippen molar-refractivity contribution in [2.45, 2.75) is 82.2 Å². The van der Waals surface area contributed by atoms with Gasteiger partial charge >= 0.3 is 0 Å². The molecular weight excluding hydrogens is 745 g/mol. The Bertz CT molecular complexity index is 2090. The lowest BCUT2D eigenvalue weighted by Crippen LogP contribution is -2.47. The smallest absolute Gasteiger partial charge is 0.262 e. The summed E-state index contributed by atoms with van der Waals surface area (Å²) in [6, 6.07) is 18.4. The standard InChI is InChI=1S/C44H54N4O8S/c1-4-56-40-27-33(12-15-39(40)55-2)38(28-57(3,53)54)48-43(51)36-13-7-29(26-37(36)44(48)52)6-5-21-46-22-19-34(20-23-46)47-24-17-31(18-25-47)30-8-10-32(11-9-30)35-14-16-41(49)45-42(35)50/h7-13,15,26-27,31,34-35,38H,4-6,14,16-25,28H2,1-3H3,(H,45,49,50)/t35?,38-/m1/s1. The van der Waals surface area contributed by atoms with Gasteiger partial charge in [0.05, 0.1) is 42.6 Å². The first-order chi connectivity index (χ1) is 27.4. The van der Waals surface area contributed by atoms with Crippen molar-refractivity contribution in [3.8, 4) is 11.5 Å². The topological polar surface area (TPSA) is 143 Å². The van der Waals surface area contributed by atoms with Crippen molar-refractivity contribution < 1.29 is 37.1 Å². The fourth-order valence-electron chi connectivity index (χ4n) is 9.15. The van der Waals surface area contributed by atoms with Crippen molar-refractivity contribution in [2.24, 2.45) is 0 Å². The summed E-state index contributed by atoms with van der Waals surface area (Å²) in [5, 5.41) is 2.46. The highest BCUT2D eigenvalue weighted by atomic mass is 32.2. The molecule has 13 heteroatoms. The molecule has 0 radical (unpaired) electrons. The van der Waals surface area contributed by atoms with E-state index in [9.17, 15) is 27.6 Å². The van der Waals surface area contributed by atoms with Crippen LogP contribution in [0.25, 0.3) is 0 Å². The lowest BCUT2D eigenvalue weighted by Gasteiger charge is -2.42. The summed E-state index contributed by atoms with van der Waals surface area (Å²) < 4.78 is 36.3. The Kier molecular flexibility index (Phi) is 12.5. The number of rotatable bonds is 14. The molecule has 4 amide bonds. The van der Waals surface area contributed by atoms with Crippen LogP contribution in [0.4, 0.5) is 0 Å². The fraction of sp³-hybridized carbons (Fsp3) is 0.500. The van der Waals surface area contributed by atoms with Gasteiger partial charge in [-0.2, -0.15) is 0 Å². The first kappa shape index (κ1) is 40.6. The largest absolute Gasteiger partial charge is 0.493 e. The molecule has 1 unspecified atom stereocenters. The maximum atomic E-state index is 13.9. The Morgan fingerprint density at radius 2 is 1.51 bits per heavy atom. The molecular formula is C44H54N4O8S. The number of aryl methyl sites for hydroxylation is 1. The predicted molar refractivity (Wildman–Crippen MR) is 216 cm³/mol. The summed E-state index contributed by atoms with van der Waals surface area (Å²) >= 11 is 0. The lowest BCUT2D eigenvalue weighted by atomic mass is 9.85. The first-order valence-electron chi connectivity index (χ1n) is 20.3. The van der Waals surface area contributed by atoms with Crippen molar-refractivity contribution in [1.29, 1.82) is 0 Å². The molecule has 0 aromatic heterocycles. The van der Waals surface area contributed by atoms with Gasteiger partial charge in [0, 0.05) is 18.7 Å². The molecule has 304 valence electrons. The van der Waals surface area contributed by atoms with Gasteiger partial charge in [0.25, 0.3) is 11.8 Å². The van der Waals surface area contributed by atoms with Crippen LogP contribution in [0, 0.1) is 0 Å².